The number of amides is 3. The molecule has 30 heavy (non-hydrogen) atoms. The van der Waals surface area contributed by atoms with Crippen molar-refractivity contribution < 1.29 is 28.8 Å². The van der Waals surface area contributed by atoms with Gasteiger partial charge in [0.1, 0.15) is 5.75 Å². The zero-order chi connectivity index (χ0) is 22.1. The third-order valence-corrected chi connectivity index (χ3v) is 3.79. The highest BCUT2D eigenvalue weighted by Crippen LogP contribution is 2.27. The van der Waals surface area contributed by atoms with Crippen LogP contribution in [0, 0.1) is 10.1 Å². The minimum absolute atomic E-state index is 0.00583. The molecule has 0 fully saturated rings. The van der Waals surface area contributed by atoms with E-state index >= 15 is 0 Å². The summed E-state index contributed by atoms with van der Waals surface area (Å²) in [5, 5.41) is 13.3. The number of carbonyl (C=O) groups excluding carboxylic acids is 3. The Bertz CT molecular complexity index is 944. The molecule has 158 valence electrons. The highest BCUT2D eigenvalue weighted by Gasteiger charge is 2.18. The van der Waals surface area contributed by atoms with E-state index in [1.165, 1.54) is 31.4 Å². The van der Waals surface area contributed by atoms with Gasteiger partial charge in [-0.2, -0.15) is 0 Å². The van der Waals surface area contributed by atoms with Crippen LogP contribution in [0.5, 0.6) is 11.5 Å². The average molecular weight is 416 g/mol. The number of nitro benzene ring substituents is 1. The molecule has 0 bridgehead atoms. The molecule has 2 rings (SSSR count). The van der Waals surface area contributed by atoms with Gasteiger partial charge in [0.05, 0.1) is 25.2 Å². The van der Waals surface area contributed by atoms with Crippen LogP contribution in [0.25, 0.3) is 0 Å². The Morgan fingerprint density at radius 3 is 2.27 bits per heavy atom. The number of nitrogens with zero attached hydrogens (tertiary/aromatic N) is 1. The lowest BCUT2D eigenvalue weighted by Gasteiger charge is -2.09. The molecule has 0 aromatic heterocycles. The predicted molar refractivity (Wildman–Crippen MR) is 105 cm³/mol. The Morgan fingerprint density at radius 2 is 1.67 bits per heavy atom. The van der Waals surface area contributed by atoms with Crippen LogP contribution < -0.4 is 25.6 Å². The first-order chi connectivity index (χ1) is 14.3. The van der Waals surface area contributed by atoms with E-state index in [9.17, 15) is 24.5 Å². The first-order valence-corrected chi connectivity index (χ1v) is 8.78. The van der Waals surface area contributed by atoms with Crippen molar-refractivity contribution >= 4 is 23.4 Å². The fraction of sp³-hybridized carbons (Fsp3) is 0.211. The van der Waals surface area contributed by atoms with E-state index in [0.29, 0.717) is 17.9 Å². The SMILES string of the molecule is CCOc1ccc(C(=O)NNC(=O)CNC(=O)c2ccc(OC)c([N+](=O)[O-])c2)cc1. The number of carbonyl (C=O) groups is 3. The second-order valence-electron chi connectivity index (χ2n) is 5.79. The standard InChI is InChI=1S/C19H20N4O7/c1-3-30-14-7-4-12(5-8-14)19(26)22-21-17(24)11-20-18(25)13-6-9-16(29-2)15(10-13)23(27)28/h4-10H,3,11H2,1-2H3,(H,20,25)(H,21,24)(H,22,26). The molecular weight excluding hydrogens is 396 g/mol. The van der Waals surface area contributed by atoms with Crippen LogP contribution in [-0.4, -0.2) is 42.9 Å². The largest absolute Gasteiger partial charge is 0.494 e. The molecule has 0 aliphatic rings. The Morgan fingerprint density at radius 1 is 1.00 bits per heavy atom. The molecule has 0 atom stereocenters. The van der Waals surface area contributed by atoms with Crippen molar-refractivity contribution in [2.75, 3.05) is 20.3 Å². The molecule has 11 heteroatoms. The van der Waals surface area contributed by atoms with Gasteiger partial charge in [0.2, 0.25) is 0 Å². The lowest BCUT2D eigenvalue weighted by Crippen LogP contribution is -2.46. The van der Waals surface area contributed by atoms with Crippen LogP contribution in [0.4, 0.5) is 5.69 Å². The minimum Gasteiger partial charge on any atom is -0.494 e. The topological polar surface area (TPSA) is 149 Å². The number of nitrogens with one attached hydrogen (secondary N) is 3. The Kier molecular flexibility index (Phi) is 7.68. The van der Waals surface area contributed by atoms with Gasteiger partial charge in [0.25, 0.3) is 17.7 Å². The van der Waals surface area contributed by atoms with Gasteiger partial charge in [-0.15, -0.1) is 0 Å². The summed E-state index contributed by atoms with van der Waals surface area (Å²) in [7, 11) is 1.27. The lowest BCUT2D eigenvalue weighted by atomic mass is 10.1. The van der Waals surface area contributed by atoms with Crippen molar-refractivity contribution in [3.05, 3.63) is 63.7 Å². The van der Waals surface area contributed by atoms with E-state index in [-0.39, 0.29) is 17.0 Å². The number of benzene rings is 2. The zero-order valence-electron chi connectivity index (χ0n) is 16.3. The van der Waals surface area contributed by atoms with E-state index in [2.05, 4.69) is 16.2 Å². The van der Waals surface area contributed by atoms with Crippen molar-refractivity contribution in [3.63, 3.8) is 0 Å². The van der Waals surface area contributed by atoms with E-state index in [1.807, 2.05) is 6.92 Å². The summed E-state index contributed by atoms with van der Waals surface area (Å²) in [6.07, 6.45) is 0. The van der Waals surface area contributed by atoms with Crippen LogP contribution >= 0.6 is 0 Å². The molecule has 2 aromatic carbocycles. The van der Waals surface area contributed by atoms with Crippen molar-refractivity contribution in [1.29, 1.82) is 0 Å². The molecule has 0 aliphatic carbocycles. The van der Waals surface area contributed by atoms with Gasteiger partial charge >= 0.3 is 5.69 Å². The molecule has 2 aromatic rings. The molecule has 11 nitrogen and oxygen atoms in total. The van der Waals surface area contributed by atoms with Crippen LogP contribution in [0.15, 0.2) is 42.5 Å². The third-order valence-electron chi connectivity index (χ3n) is 3.79. The number of rotatable bonds is 8. The van der Waals surface area contributed by atoms with E-state index in [4.69, 9.17) is 9.47 Å². The summed E-state index contributed by atoms with van der Waals surface area (Å²) in [6, 6.07) is 9.95. The van der Waals surface area contributed by atoms with E-state index in [1.54, 1.807) is 12.1 Å². The maximum atomic E-state index is 12.1. The summed E-state index contributed by atoms with van der Waals surface area (Å²) in [5.74, 6) is -1.33. The summed E-state index contributed by atoms with van der Waals surface area (Å²) in [6.45, 7) is 1.88. The Labute approximate surface area is 171 Å². The van der Waals surface area contributed by atoms with Crippen molar-refractivity contribution in [2.45, 2.75) is 6.92 Å². The number of methoxy groups -OCH3 is 1. The molecule has 0 heterocycles. The van der Waals surface area contributed by atoms with Crippen LogP contribution in [-0.2, 0) is 4.79 Å². The fourth-order valence-electron chi connectivity index (χ4n) is 2.35. The molecule has 3 N–H and O–H groups in total. The van der Waals surface area contributed by atoms with Crippen molar-refractivity contribution in [1.82, 2.24) is 16.2 Å². The molecule has 0 saturated carbocycles. The minimum atomic E-state index is -0.700. The molecule has 0 saturated heterocycles. The van der Waals surface area contributed by atoms with Gasteiger partial charge in [-0.3, -0.25) is 35.3 Å². The number of ether oxygens (including phenoxy) is 2. The molecule has 0 aliphatic heterocycles. The second-order valence-corrected chi connectivity index (χ2v) is 5.79. The van der Waals surface area contributed by atoms with Crippen molar-refractivity contribution in [2.24, 2.45) is 0 Å². The number of hydrazine groups is 1. The maximum Gasteiger partial charge on any atom is 0.311 e. The summed E-state index contributed by atoms with van der Waals surface area (Å²) in [5.41, 5.74) is 4.28. The van der Waals surface area contributed by atoms with Crippen molar-refractivity contribution in [3.8, 4) is 11.5 Å². The van der Waals surface area contributed by atoms with Gasteiger partial charge in [0, 0.05) is 17.2 Å². The molecule has 3 amide bonds. The zero-order valence-corrected chi connectivity index (χ0v) is 16.3. The summed E-state index contributed by atoms with van der Waals surface area (Å²) in [4.78, 5) is 46.3. The van der Waals surface area contributed by atoms with Crippen LogP contribution in [0.3, 0.4) is 0 Å². The predicted octanol–water partition coefficient (Wildman–Crippen LogP) is 1.19. The Hall–Kier alpha value is -4.15. The summed E-state index contributed by atoms with van der Waals surface area (Å²) < 4.78 is 10.1. The van der Waals surface area contributed by atoms with Crippen LogP contribution in [0.1, 0.15) is 27.6 Å². The quantitative estimate of drug-likeness (QED) is 0.432. The first kappa shape index (κ1) is 22.1. The van der Waals surface area contributed by atoms with Crippen LogP contribution in [0.2, 0.25) is 0 Å². The third kappa shape index (κ3) is 5.92. The highest BCUT2D eigenvalue weighted by molar-refractivity contribution is 5.98. The molecular formula is C19H20N4O7. The fourth-order valence-corrected chi connectivity index (χ4v) is 2.35. The molecule has 0 radical (unpaired) electrons. The molecule has 0 unspecified atom stereocenters. The lowest BCUT2D eigenvalue weighted by molar-refractivity contribution is -0.385. The van der Waals surface area contributed by atoms with E-state index in [0.717, 1.165) is 6.07 Å². The number of hydrogen-bond donors (Lipinski definition) is 3. The first-order valence-electron chi connectivity index (χ1n) is 8.78. The smallest absolute Gasteiger partial charge is 0.311 e. The van der Waals surface area contributed by atoms with Gasteiger partial charge in [-0.1, -0.05) is 0 Å². The van der Waals surface area contributed by atoms with Gasteiger partial charge < -0.3 is 14.8 Å². The second kappa shape index (κ2) is 10.4. The average Bonchev–Trinajstić information content (AvgIpc) is 2.75. The number of nitro groups is 1. The Balaban J connectivity index is 1.85. The number of hydrogen-bond acceptors (Lipinski definition) is 7. The molecule has 0 spiro atoms. The van der Waals surface area contributed by atoms with Gasteiger partial charge in [-0.25, -0.2) is 0 Å². The maximum absolute atomic E-state index is 12.1. The monoisotopic (exact) mass is 416 g/mol. The van der Waals surface area contributed by atoms with Gasteiger partial charge in [0.15, 0.2) is 5.75 Å². The highest BCUT2D eigenvalue weighted by atomic mass is 16.6. The normalized spacial score (nSPS) is 9.93. The summed E-state index contributed by atoms with van der Waals surface area (Å²) >= 11 is 0. The van der Waals surface area contributed by atoms with Gasteiger partial charge in [-0.05, 0) is 43.3 Å². The van der Waals surface area contributed by atoms with E-state index < -0.39 is 29.2 Å².